The maximum atomic E-state index is 12.8. The summed E-state index contributed by atoms with van der Waals surface area (Å²) in [6.07, 6.45) is 3.61. The van der Waals surface area contributed by atoms with E-state index in [0.29, 0.717) is 28.1 Å². The second-order valence-corrected chi connectivity index (χ2v) is 8.76. The van der Waals surface area contributed by atoms with Gasteiger partial charge in [-0.3, -0.25) is 9.36 Å². The number of thiazole rings is 1. The van der Waals surface area contributed by atoms with Gasteiger partial charge in [0.2, 0.25) is 5.91 Å². The number of nitrogens with one attached hydrogen (secondary N) is 1. The first-order chi connectivity index (χ1) is 16.1. The number of ether oxygens (including phenoxy) is 1. The third-order valence-electron chi connectivity index (χ3n) is 4.73. The Bertz CT molecular complexity index is 1220. The van der Waals surface area contributed by atoms with Gasteiger partial charge in [-0.2, -0.15) is 0 Å². The van der Waals surface area contributed by atoms with Gasteiger partial charge in [-0.1, -0.05) is 60.3 Å². The molecule has 0 saturated heterocycles. The van der Waals surface area contributed by atoms with Gasteiger partial charge in [-0.05, 0) is 24.0 Å². The van der Waals surface area contributed by atoms with E-state index < -0.39 is 5.97 Å². The number of para-hydroxylation sites is 1. The molecule has 0 aliphatic carbocycles. The number of nitrogens with zero attached hydrogens (tertiary/aromatic N) is 3. The van der Waals surface area contributed by atoms with Crippen LogP contribution in [0.3, 0.4) is 0 Å². The third-order valence-corrected chi connectivity index (χ3v) is 6.28. The smallest absolute Gasteiger partial charge is 0.357 e. The highest BCUT2D eigenvalue weighted by Gasteiger charge is 2.19. The molecule has 0 fully saturated rings. The average molecular weight is 479 g/mol. The van der Waals surface area contributed by atoms with Crippen molar-refractivity contribution in [2.45, 2.75) is 24.7 Å². The molecule has 2 aromatic carbocycles. The molecule has 0 saturated carbocycles. The van der Waals surface area contributed by atoms with Crippen LogP contribution < -0.4 is 5.32 Å². The van der Waals surface area contributed by atoms with Crippen LogP contribution >= 0.6 is 23.1 Å². The fraction of sp³-hybridized carbons (Fsp3) is 0.167. The summed E-state index contributed by atoms with van der Waals surface area (Å²) in [5.41, 5.74) is 2.83. The zero-order chi connectivity index (χ0) is 23.0. The van der Waals surface area contributed by atoms with E-state index in [0.717, 1.165) is 11.3 Å². The van der Waals surface area contributed by atoms with E-state index in [-0.39, 0.29) is 18.9 Å². The van der Waals surface area contributed by atoms with Gasteiger partial charge in [-0.15, -0.1) is 11.3 Å². The Morgan fingerprint density at radius 1 is 1.09 bits per heavy atom. The third kappa shape index (κ3) is 5.88. The molecule has 2 heterocycles. The second kappa shape index (κ2) is 10.9. The van der Waals surface area contributed by atoms with E-state index in [9.17, 15) is 9.59 Å². The van der Waals surface area contributed by atoms with E-state index >= 15 is 0 Å². The molecule has 4 rings (SSSR count). The predicted molar refractivity (Wildman–Crippen MR) is 129 cm³/mol. The van der Waals surface area contributed by atoms with Crippen molar-refractivity contribution in [2.24, 2.45) is 0 Å². The second-order valence-electron chi connectivity index (χ2n) is 7.05. The van der Waals surface area contributed by atoms with Crippen LogP contribution in [0.2, 0.25) is 0 Å². The van der Waals surface area contributed by atoms with Gasteiger partial charge in [-0.25, -0.2) is 14.8 Å². The first-order valence-corrected chi connectivity index (χ1v) is 12.3. The lowest BCUT2D eigenvalue weighted by molar-refractivity contribution is -0.120. The van der Waals surface area contributed by atoms with Gasteiger partial charge in [0.1, 0.15) is 11.6 Å². The fourth-order valence-electron chi connectivity index (χ4n) is 3.16. The molecular formula is C24H22N4O3S2. The number of amides is 1. The Morgan fingerprint density at radius 3 is 2.55 bits per heavy atom. The van der Waals surface area contributed by atoms with Gasteiger partial charge in [0, 0.05) is 17.6 Å². The Balaban J connectivity index is 1.34. The van der Waals surface area contributed by atoms with Gasteiger partial charge in [0.05, 0.1) is 18.3 Å². The van der Waals surface area contributed by atoms with E-state index in [1.165, 1.54) is 29.3 Å². The lowest BCUT2D eigenvalue weighted by atomic mass is 10.2. The standard InChI is InChI=1S/C24H22N4O3S2/c1-32-24-26-14-20(28(24)19-10-6-3-7-11-19)23(30)31-15-18-16-33-22(27-18)12-21(29)25-13-17-8-4-2-5-9-17/h2-11,14,16H,12-13,15H2,1H3,(H,25,29). The van der Waals surface area contributed by atoms with Crippen molar-refractivity contribution in [1.82, 2.24) is 19.9 Å². The van der Waals surface area contributed by atoms with Gasteiger partial charge in [0.15, 0.2) is 10.9 Å². The van der Waals surface area contributed by atoms with Crippen LogP contribution in [0.15, 0.2) is 77.4 Å². The number of benzene rings is 2. The predicted octanol–water partition coefficient (Wildman–Crippen LogP) is 4.27. The zero-order valence-corrected chi connectivity index (χ0v) is 19.6. The molecule has 168 valence electrons. The molecule has 0 atom stereocenters. The average Bonchev–Trinajstić information content (AvgIpc) is 3.49. The van der Waals surface area contributed by atoms with Crippen LogP contribution in [0.5, 0.6) is 0 Å². The van der Waals surface area contributed by atoms with Crippen LogP contribution in [-0.2, 0) is 29.1 Å². The fourth-order valence-corrected chi connectivity index (χ4v) is 4.48. The lowest BCUT2D eigenvalue weighted by Gasteiger charge is -2.10. The number of aromatic nitrogens is 3. The molecule has 33 heavy (non-hydrogen) atoms. The topological polar surface area (TPSA) is 86.1 Å². The quantitative estimate of drug-likeness (QED) is 0.286. The Morgan fingerprint density at radius 2 is 1.82 bits per heavy atom. The summed E-state index contributed by atoms with van der Waals surface area (Å²) in [5.74, 6) is -0.588. The molecule has 0 aliphatic heterocycles. The van der Waals surface area contributed by atoms with Gasteiger partial charge in [0.25, 0.3) is 0 Å². The summed E-state index contributed by atoms with van der Waals surface area (Å²) in [7, 11) is 0. The van der Waals surface area contributed by atoms with Crippen molar-refractivity contribution in [3.63, 3.8) is 0 Å². The molecule has 1 N–H and O–H groups in total. The van der Waals surface area contributed by atoms with Crippen LogP contribution in [-0.4, -0.2) is 32.7 Å². The molecule has 0 radical (unpaired) electrons. The maximum Gasteiger partial charge on any atom is 0.357 e. The first kappa shape index (κ1) is 22.8. The minimum atomic E-state index is -0.484. The summed E-state index contributed by atoms with van der Waals surface area (Å²) in [4.78, 5) is 33.7. The summed E-state index contributed by atoms with van der Waals surface area (Å²) < 4.78 is 7.27. The highest BCUT2D eigenvalue weighted by atomic mass is 32.2. The summed E-state index contributed by atoms with van der Waals surface area (Å²) in [5, 5.41) is 6.06. The zero-order valence-electron chi connectivity index (χ0n) is 17.9. The van der Waals surface area contributed by atoms with Crippen LogP contribution in [0.4, 0.5) is 0 Å². The van der Waals surface area contributed by atoms with Gasteiger partial charge < -0.3 is 10.1 Å². The highest BCUT2D eigenvalue weighted by molar-refractivity contribution is 7.98. The largest absolute Gasteiger partial charge is 0.454 e. The Kier molecular flexibility index (Phi) is 7.54. The molecular weight excluding hydrogens is 456 g/mol. The molecule has 9 heteroatoms. The molecule has 0 unspecified atom stereocenters. The summed E-state index contributed by atoms with van der Waals surface area (Å²) in [6.45, 7) is 0.498. The van der Waals surface area contributed by atoms with Crippen molar-refractivity contribution in [3.8, 4) is 5.69 Å². The number of imidazole rings is 1. The maximum absolute atomic E-state index is 12.8. The number of carbonyl (C=O) groups is 2. The SMILES string of the molecule is CSc1ncc(C(=O)OCc2csc(CC(=O)NCc3ccccc3)n2)n1-c1ccccc1. The van der Waals surface area contributed by atoms with Crippen LogP contribution in [0.25, 0.3) is 5.69 Å². The highest BCUT2D eigenvalue weighted by Crippen LogP contribution is 2.22. The monoisotopic (exact) mass is 478 g/mol. The number of thioether (sulfide) groups is 1. The van der Waals surface area contributed by atoms with Crippen molar-refractivity contribution < 1.29 is 14.3 Å². The number of hydrogen-bond donors (Lipinski definition) is 1. The van der Waals surface area contributed by atoms with Gasteiger partial charge >= 0.3 is 5.97 Å². The van der Waals surface area contributed by atoms with E-state index in [1.54, 1.807) is 9.95 Å². The number of esters is 1. The number of carbonyl (C=O) groups excluding carboxylic acids is 2. The van der Waals surface area contributed by atoms with E-state index in [4.69, 9.17) is 4.74 Å². The Hall–Kier alpha value is -3.43. The molecule has 0 spiro atoms. The molecule has 2 aromatic heterocycles. The molecule has 4 aromatic rings. The molecule has 0 bridgehead atoms. The van der Waals surface area contributed by atoms with Crippen molar-refractivity contribution in [1.29, 1.82) is 0 Å². The van der Waals surface area contributed by atoms with Crippen LogP contribution in [0, 0.1) is 0 Å². The minimum Gasteiger partial charge on any atom is -0.454 e. The Labute approximate surface area is 199 Å². The summed E-state index contributed by atoms with van der Waals surface area (Å²) in [6, 6.07) is 19.3. The van der Waals surface area contributed by atoms with E-state index in [1.807, 2.05) is 66.9 Å². The molecule has 1 amide bonds. The van der Waals surface area contributed by atoms with Crippen molar-refractivity contribution in [3.05, 3.63) is 94.2 Å². The first-order valence-electron chi connectivity index (χ1n) is 10.2. The van der Waals surface area contributed by atoms with E-state index in [2.05, 4.69) is 15.3 Å². The number of rotatable bonds is 9. The molecule has 0 aliphatic rings. The lowest BCUT2D eigenvalue weighted by Crippen LogP contribution is -2.24. The van der Waals surface area contributed by atoms with Crippen molar-refractivity contribution >= 4 is 35.0 Å². The normalized spacial score (nSPS) is 10.7. The van der Waals surface area contributed by atoms with Crippen LogP contribution in [0.1, 0.15) is 26.8 Å². The summed E-state index contributed by atoms with van der Waals surface area (Å²) >= 11 is 2.82. The van der Waals surface area contributed by atoms with Crippen molar-refractivity contribution in [2.75, 3.05) is 6.26 Å². The minimum absolute atomic E-state index is 0.0234. The molecule has 7 nitrogen and oxygen atoms in total. The number of hydrogen-bond acceptors (Lipinski definition) is 7.